The zero-order valence-electron chi connectivity index (χ0n) is 13.6. The molecular formula is C15H30O6. The SMILES string of the molecule is CC(C)c1cccc(C(C)C)c1C(C)C.OO.OO.OO. The Morgan fingerprint density at radius 1 is 0.571 bits per heavy atom. The van der Waals surface area contributed by atoms with Gasteiger partial charge in [-0.1, -0.05) is 59.7 Å². The lowest BCUT2D eigenvalue weighted by Crippen LogP contribution is -2.04. The van der Waals surface area contributed by atoms with Gasteiger partial charge in [0.25, 0.3) is 0 Å². The van der Waals surface area contributed by atoms with Crippen molar-refractivity contribution in [3.8, 4) is 0 Å². The average Bonchev–Trinajstić information content (AvgIpc) is 2.52. The van der Waals surface area contributed by atoms with Crippen molar-refractivity contribution >= 4 is 0 Å². The zero-order chi connectivity index (χ0) is 17.6. The van der Waals surface area contributed by atoms with Gasteiger partial charge in [-0.25, -0.2) is 0 Å². The summed E-state index contributed by atoms with van der Waals surface area (Å²) in [4.78, 5) is 0. The van der Waals surface area contributed by atoms with Crippen molar-refractivity contribution in [3.63, 3.8) is 0 Å². The third kappa shape index (κ3) is 8.77. The number of hydrogen-bond donors (Lipinski definition) is 6. The molecule has 0 spiro atoms. The van der Waals surface area contributed by atoms with Crippen LogP contribution in [0, 0.1) is 0 Å². The van der Waals surface area contributed by atoms with Crippen molar-refractivity contribution in [2.24, 2.45) is 0 Å². The molecule has 6 heteroatoms. The summed E-state index contributed by atoms with van der Waals surface area (Å²) in [5, 5.41) is 36.0. The summed E-state index contributed by atoms with van der Waals surface area (Å²) >= 11 is 0. The molecule has 0 aliphatic rings. The molecule has 0 aliphatic carbocycles. The molecule has 0 saturated heterocycles. The highest BCUT2D eigenvalue weighted by Gasteiger charge is 2.15. The Kier molecular flexibility index (Phi) is 18.3. The van der Waals surface area contributed by atoms with E-state index in [0.717, 1.165) is 0 Å². The van der Waals surface area contributed by atoms with E-state index >= 15 is 0 Å². The zero-order valence-corrected chi connectivity index (χ0v) is 13.6. The summed E-state index contributed by atoms with van der Waals surface area (Å²) in [6, 6.07) is 6.77. The molecule has 21 heavy (non-hydrogen) atoms. The Morgan fingerprint density at radius 2 is 0.857 bits per heavy atom. The first-order valence-electron chi connectivity index (χ1n) is 6.67. The standard InChI is InChI=1S/C15H24.3H2O2/c1-10(2)13-8-7-9-14(11(3)4)15(13)12(5)6;3*1-2/h7-12H,1-6H3;3*1-2H. The average molecular weight is 306 g/mol. The lowest BCUT2D eigenvalue weighted by atomic mass is 9.83. The van der Waals surface area contributed by atoms with E-state index in [1.165, 1.54) is 11.1 Å². The third-order valence-corrected chi connectivity index (χ3v) is 2.99. The van der Waals surface area contributed by atoms with Crippen LogP contribution in [-0.4, -0.2) is 31.5 Å². The maximum Gasteiger partial charge on any atom is -0.0213 e. The van der Waals surface area contributed by atoms with Crippen LogP contribution in [0.5, 0.6) is 0 Å². The van der Waals surface area contributed by atoms with Crippen LogP contribution < -0.4 is 0 Å². The minimum atomic E-state index is 0.626. The van der Waals surface area contributed by atoms with Crippen LogP contribution in [-0.2, 0) is 0 Å². The van der Waals surface area contributed by atoms with Gasteiger partial charge in [-0.15, -0.1) is 0 Å². The topological polar surface area (TPSA) is 121 Å². The van der Waals surface area contributed by atoms with Crippen molar-refractivity contribution in [2.75, 3.05) is 0 Å². The molecule has 1 rings (SSSR count). The van der Waals surface area contributed by atoms with E-state index in [1.807, 2.05) is 0 Å². The maximum absolute atomic E-state index is 6.00. The van der Waals surface area contributed by atoms with Crippen LogP contribution in [0.3, 0.4) is 0 Å². The van der Waals surface area contributed by atoms with Gasteiger partial charge in [0.05, 0.1) is 0 Å². The van der Waals surface area contributed by atoms with Crippen LogP contribution in [0.2, 0.25) is 0 Å². The Hall–Kier alpha value is -1.02. The molecule has 1 aromatic carbocycles. The van der Waals surface area contributed by atoms with Crippen LogP contribution in [0.15, 0.2) is 18.2 Å². The fourth-order valence-corrected chi connectivity index (χ4v) is 2.28. The maximum atomic E-state index is 6.00. The van der Waals surface area contributed by atoms with E-state index in [1.54, 1.807) is 5.56 Å². The molecule has 126 valence electrons. The van der Waals surface area contributed by atoms with Crippen molar-refractivity contribution < 1.29 is 31.5 Å². The number of rotatable bonds is 3. The van der Waals surface area contributed by atoms with Gasteiger partial charge in [0, 0.05) is 0 Å². The van der Waals surface area contributed by atoms with Crippen molar-refractivity contribution in [1.82, 2.24) is 0 Å². The lowest BCUT2D eigenvalue weighted by Gasteiger charge is -2.22. The Balaban J connectivity index is -0.000000478. The van der Waals surface area contributed by atoms with E-state index in [2.05, 4.69) is 59.7 Å². The van der Waals surface area contributed by atoms with Crippen LogP contribution in [0.1, 0.15) is 76.0 Å². The van der Waals surface area contributed by atoms with Crippen LogP contribution >= 0.6 is 0 Å². The Labute approximate surface area is 126 Å². The van der Waals surface area contributed by atoms with Crippen LogP contribution in [0.4, 0.5) is 0 Å². The summed E-state index contributed by atoms with van der Waals surface area (Å²) in [5.74, 6) is 1.88. The molecule has 0 amide bonds. The number of benzene rings is 1. The fourth-order valence-electron chi connectivity index (χ4n) is 2.28. The second-order valence-corrected chi connectivity index (χ2v) is 5.31. The second kappa shape index (κ2) is 15.4. The largest absolute Gasteiger partial charge is 0.255 e. The molecule has 0 radical (unpaired) electrons. The van der Waals surface area contributed by atoms with Crippen molar-refractivity contribution in [2.45, 2.75) is 59.3 Å². The van der Waals surface area contributed by atoms with Crippen molar-refractivity contribution in [3.05, 3.63) is 34.9 Å². The first-order valence-corrected chi connectivity index (χ1v) is 6.67. The molecule has 0 saturated carbocycles. The van der Waals surface area contributed by atoms with Crippen LogP contribution in [0.25, 0.3) is 0 Å². The lowest BCUT2D eigenvalue weighted by molar-refractivity contribution is -0.176. The van der Waals surface area contributed by atoms with Crippen molar-refractivity contribution in [1.29, 1.82) is 0 Å². The molecule has 0 unspecified atom stereocenters. The smallest absolute Gasteiger partial charge is 0.0213 e. The summed E-state index contributed by atoms with van der Waals surface area (Å²) in [6.45, 7) is 13.7. The highest BCUT2D eigenvalue weighted by Crippen LogP contribution is 2.32. The molecule has 0 aliphatic heterocycles. The first-order chi connectivity index (χ1) is 9.95. The molecule has 0 fully saturated rings. The van der Waals surface area contributed by atoms with Gasteiger partial charge in [-0.3, -0.25) is 31.5 Å². The highest BCUT2D eigenvalue weighted by atomic mass is 17.0. The second-order valence-electron chi connectivity index (χ2n) is 5.31. The molecular weight excluding hydrogens is 276 g/mol. The normalized spacial score (nSPS) is 9.29. The molecule has 1 aromatic rings. The predicted octanol–water partition coefficient (Wildman–Crippen LogP) is 5.11. The Bertz CT molecular complexity index is 311. The summed E-state index contributed by atoms with van der Waals surface area (Å²) in [5.41, 5.74) is 4.62. The van der Waals surface area contributed by atoms with Gasteiger partial charge in [0.15, 0.2) is 0 Å². The van der Waals surface area contributed by atoms with E-state index in [-0.39, 0.29) is 0 Å². The Morgan fingerprint density at radius 3 is 1.05 bits per heavy atom. The molecule has 0 atom stereocenters. The van der Waals surface area contributed by atoms with E-state index in [0.29, 0.717) is 17.8 Å². The van der Waals surface area contributed by atoms with Gasteiger partial charge >= 0.3 is 0 Å². The summed E-state index contributed by atoms with van der Waals surface area (Å²) in [7, 11) is 0. The highest BCUT2D eigenvalue weighted by molar-refractivity contribution is 5.40. The minimum absolute atomic E-state index is 0.626. The molecule has 0 bridgehead atoms. The molecule has 0 aromatic heterocycles. The molecule has 6 nitrogen and oxygen atoms in total. The summed E-state index contributed by atoms with van der Waals surface area (Å²) in [6.07, 6.45) is 0. The molecule has 6 N–H and O–H groups in total. The van der Waals surface area contributed by atoms with Gasteiger partial charge < -0.3 is 0 Å². The fraction of sp³-hybridized carbons (Fsp3) is 0.600. The predicted molar refractivity (Wildman–Crippen MR) is 84.5 cm³/mol. The van der Waals surface area contributed by atoms with Gasteiger partial charge in [0.1, 0.15) is 0 Å². The minimum Gasteiger partial charge on any atom is -0.255 e. The number of hydrogen-bond acceptors (Lipinski definition) is 6. The van der Waals surface area contributed by atoms with E-state index in [4.69, 9.17) is 31.5 Å². The monoisotopic (exact) mass is 306 g/mol. The van der Waals surface area contributed by atoms with Gasteiger partial charge in [0.2, 0.25) is 0 Å². The van der Waals surface area contributed by atoms with E-state index in [9.17, 15) is 0 Å². The van der Waals surface area contributed by atoms with Gasteiger partial charge in [-0.2, -0.15) is 0 Å². The first kappa shape index (κ1) is 25.0. The van der Waals surface area contributed by atoms with Gasteiger partial charge in [-0.05, 0) is 34.4 Å². The third-order valence-electron chi connectivity index (χ3n) is 2.99. The quantitative estimate of drug-likeness (QED) is 0.341. The van der Waals surface area contributed by atoms with E-state index < -0.39 is 0 Å². The summed E-state index contributed by atoms with van der Waals surface area (Å²) < 4.78 is 0. The molecule has 0 heterocycles.